The molecule has 1 atom stereocenters. The molecule has 0 bridgehead atoms. The minimum atomic E-state index is -0.0719. The van der Waals surface area contributed by atoms with Crippen molar-refractivity contribution >= 4 is 23.3 Å². The van der Waals surface area contributed by atoms with Crippen molar-refractivity contribution < 1.29 is 4.79 Å². The first-order valence-electron chi connectivity index (χ1n) is 7.74. The van der Waals surface area contributed by atoms with Gasteiger partial charge in [0.2, 0.25) is 0 Å². The van der Waals surface area contributed by atoms with E-state index in [0.717, 1.165) is 32.5 Å². The number of hydrogen-bond acceptors (Lipinski definition) is 2. The molecule has 1 heterocycles. The van der Waals surface area contributed by atoms with Crippen LogP contribution in [-0.4, -0.2) is 36.6 Å². The van der Waals surface area contributed by atoms with Crippen LogP contribution in [0.3, 0.4) is 0 Å². The van der Waals surface area contributed by atoms with E-state index in [1.807, 2.05) is 23.1 Å². The maximum atomic E-state index is 12.5. The van der Waals surface area contributed by atoms with E-state index in [1.165, 1.54) is 12.8 Å². The van der Waals surface area contributed by atoms with Crippen molar-refractivity contribution in [3.8, 4) is 0 Å². The third-order valence-corrected chi connectivity index (χ3v) is 4.08. The molecule has 4 nitrogen and oxygen atoms in total. The SMILES string of the molecule is CCCN(CC1CCCCN1)C(=O)Nc1ccccc1Cl. The first-order valence-corrected chi connectivity index (χ1v) is 8.12. The summed E-state index contributed by atoms with van der Waals surface area (Å²) in [5, 5.41) is 6.97. The second-order valence-corrected chi connectivity index (χ2v) is 5.91. The Morgan fingerprint density at radius 1 is 1.43 bits per heavy atom. The first kappa shape index (κ1) is 16.1. The Hall–Kier alpha value is -1.26. The van der Waals surface area contributed by atoms with Crippen molar-refractivity contribution in [2.75, 3.05) is 25.0 Å². The Morgan fingerprint density at radius 2 is 2.24 bits per heavy atom. The lowest BCUT2D eigenvalue weighted by atomic mass is 10.0. The van der Waals surface area contributed by atoms with Gasteiger partial charge in [0.1, 0.15) is 0 Å². The largest absolute Gasteiger partial charge is 0.323 e. The van der Waals surface area contributed by atoms with Gasteiger partial charge in [0.05, 0.1) is 10.7 Å². The lowest BCUT2D eigenvalue weighted by Gasteiger charge is -2.30. The first-order chi connectivity index (χ1) is 10.2. The van der Waals surface area contributed by atoms with Gasteiger partial charge in [-0.15, -0.1) is 0 Å². The van der Waals surface area contributed by atoms with E-state index in [2.05, 4.69) is 17.6 Å². The number of carbonyl (C=O) groups is 1. The summed E-state index contributed by atoms with van der Waals surface area (Å²) >= 11 is 6.10. The fourth-order valence-corrected chi connectivity index (χ4v) is 2.83. The molecule has 1 unspecified atom stereocenters. The van der Waals surface area contributed by atoms with E-state index in [-0.39, 0.29) is 6.03 Å². The second-order valence-electron chi connectivity index (χ2n) is 5.50. The Kier molecular flexibility index (Phi) is 6.33. The van der Waals surface area contributed by atoms with E-state index in [1.54, 1.807) is 6.07 Å². The summed E-state index contributed by atoms with van der Waals surface area (Å²) in [4.78, 5) is 14.3. The molecule has 2 N–H and O–H groups in total. The lowest BCUT2D eigenvalue weighted by molar-refractivity contribution is 0.199. The van der Waals surface area contributed by atoms with Crippen LogP contribution in [0.1, 0.15) is 32.6 Å². The molecular formula is C16H24ClN3O. The summed E-state index contributed by atoms with van der Waals surface area (Å²) < 4.78 is 0. The predicted molar refractivity (Wildman–Crippen MR) is 88.0 cm³/mol. The molecule has 0 aromatic heterocycles. The van der Waals surface area contributed by atoms with E-state index in [4.69, 9.17) is 11.6 Å². The second kappa shape index (κ2) is 8.25. The van der Waals surface area contributed by atoms with Crippen molar-refractivity contribution in [3.05, 3.63) is 29.3 Å². The fraction of sp³-hybridized carbons (Fsp3) is 0.562. The molecule has 116 valence electrons. The highest BCUT2D eigenvalue weighted by atomic mass is 35.5. The minimum Gasteiger partial charge on any atom is -0.323 e. The van der Waals surface area contributed by atoms with Gasteiger partial charge in [0, 0.05) is 19.1 Å². The van der Waals surface area contributed by atoms with Crippen molar-refractivity contribution in [2.24, 2.45) is 0 Å². The number of anilines is 1. The van der Waals surface area contributed by atoms with Crippen LogP contribution in [0.2, 0.25) is 5.02 Å². The van der Waals surface area contributed by atoms with Crippen LogP contribution < -0.4 is 10.6 Å². The van der Waals surface area contributed by atoms with Crippen LogP contribution in [0.25, 0.3) is 0 Å². The van der Waals surface area contributed by atoms with Gasteiger partial charge in [0.25, 0.3) is 0 Å². The third kappa shape index (κ3) is 4.90. The summed E-state index contributed by atoms with van der Waals surface area (Å²) in [5.41, 5.74) is 0.668. The van der Waals surface area contributed by atoms with E-state index in [9.17, 15) is 4.79 Å². The summed E-state index contributed by atoms with van der Waals surface area (Å²) in [7, 11) is 0. The van der Waals surface area contributed by atoms with Crippen molar-refractivity contribution in [1.29, 1.82) is 0 Å². The topological polar surface area (TPSA) is 44.4 Å². The summed E-state index contributed by atoms with van der Waals surface area (Å²) in [6.07, 6.45) is 4.56. The molecule has 1 aliphatic heterocycles. The lowest BCUT2D eigenvalue weighted by Crippen LogP contribution is -2.47. The van der Waals surface area contributed by atoms with Gasteiger partial charge in [-0.1, -0.05) is 37.1 Å². The average Bonchev–Trinajstić information content (AvgIpc) is 2.50. The van der Waals surface area contributed by atoms with Gasteiger partial charge in [-0.3, -0.25) is 0 Å². The zero-order chi connectivity index (χ0) is 15.1. The fourth-order valence-electron chi connectivity index (χ4n) is 2.65. The number of rotatable bonds is 5. The monoisotopic (exact) mass is 309 g/mol. The molecule has 0 aliphatic carbocycles. The number of piperidine rings is 1. The maximum absolute atomic E-state index is 12.5. The Morgan fingerprint density at radius 3 is 2.90 bits per heavy atom. The molecular weight excluding hydrogens is 286 g/mol. The summed E-state index contributed by atoms with van der Waals surface area (Å²) in [6.45, 7) is 4.65. The van der Waals surface area contributed by atoms with Gasteiger partial charge in [-0.25, -0.2) is 4.79 Å². The van der Waals surface area contributed by atoms with Crippen LogP contribution in [0.15, 0.2) is 24.3 Å². The van der Waals surface area contributed by atoms with Crippen LogP contribution >= 0.6 is 11.6 Å². The van der Waals surface area contributed by atoms with E-state index in [0.29, 0.717) is 16.8 Å². The minimum absolute atomic E-state index is 0.0719. The number of para-hydroxylation sites is 1. The maximum Gasteiger partial charge on any atom is 0.321 e. The van der Waals surface area contributed by atoms with E-state index < -0.39 is 0 Å². The molecule has 1 fully saturated rings. The molecule has 0 radical (unpaired) electrons. The number of halogens is 1. The molecule has 1 saturated heterocycles. The Balaban J connectivity index is 1.96. The van der Waals surface area contributed by atoms with Gasteiger partial charge in [-0.05, 0) is 37.9 Å². The Labute approximate surface area is 131 Å². The number of nitrogens with zero attached hydrogens (tertiary/aromatic N) is 1. The highest BCUT2D eigenvalue weighted by molar-refractivity contribution is 6.33. The van der Waals surface area contributed by atoms with Crippen LogP contribution in [0, 0.1) is 0 Å². The highest BCUT2D eigenvalue weighted by Crippen LogP contribution is 2.21. The molecule has 0 spiro atoms. The number of benzene rings is 1. The molecule has 2 amide bonds. The Bertz CT molecular complexity index is 461. The standard InChI is InChI=1S/C16H24ClN3O/c1-2-11-20(12-13-7-5-6-10-18-13)16(21)19-15-9-4-3-8-14(15)17/h3-4,8-9,13,18H,2,5-7,10-12H2,1H3,(H,19,21). The smallest absolute Gasteiger partial charge is 0.321 e. The molecule has 5 heteroatoms. The summed E-state index contributed by atoms with van der Waals surface area (Å²) in [5.74, 6) is 0. The van der Waals surface area contributed by atoms with Crippen molar-refractivity contribution in [1.82, 2.24) is 10.2 Å². The van der Waals surface area contributed by atoms with Gasteiger partial charge >= 0.3 is 6.03 Å². The zero-order valence-corrected chi connectivity index (χ0v) is 13.3. The molecule has 2 rings (SSSR count). The molecule has 0 saturated carbocycles. The van der Waals surface area contributed by atoms with Crippen molar-refractivity contribution in [2.45, 2.75) is 38.6 Å². The molecule has 1 aromatic rings. The number of urea groups is 1. The molecule has 21 heavy (non-hydrogen) atoms. The van der Waals surface area contributed by atoms with Gasteiger partial charge in [-0.2, -0.15) is 0 Å². The van der Waals surface area contributed by atoms with Crippen LogP contribution in [0.5, 0.6) is 0 Å². The van der Waals surface area contributed by atoms with Gasteiger partial charge in [0.15, 0.2) is 0 Å². The van der Waals surface area contributed by atoms with Gasteiger partial charge < -0.3 is 15.5 Å². The highest BCUT2D eigenvalue weighted by Gasteiger charge is 2.20. The van der Waals surface area contributed by atoms with Crippen molar-refractivity contribution in [3.63, 3.8) is 0 Å². The van der Waals surface area contributed by atoms with Crippen LogP contribution in [-0.2, 0) is 0 Å². The number of carbonyl (C=O) groups excluding carboxylic acids is 1. The van der Waals surface area contributed by atoms with Crippen LogP contribution in [0.4, 0.5) is 10.5 Å². The summed E-state index contributed by atoms with van der Waals surface area (Å²) in [6, 6.07) is 7.66. The quantitative estimate of drug-likeness (QED) is 0.870. The number of hydrogen-bond donors (Lipinski definition) is 2. The average molecular weight is 310 g/mol. The normalized spacial score (nSPS) is 18.3. The van der Waals surface area contributed by atoms with E-state index >= 15 is 0 Å². The number of amides is 2. The third-order valence-electron chi connectivity index (χ3n) is 3.75. The molecule has 1 aliphatic rings. The zero-order valence-electron chi connectivity index (χ0n) is 12.6. The number of nitrogens with one attached hydrogen (secondary N) is 2. The molecule has 1 aromatic carbocycles. The predicted octanol–water partition coefficient (Wildman–Crippen LogP) is 3.73.